The average molecular weight is 206 g/mol. The van der Waals surface area contributed by atoms with Crippen LogP contribution in [0.2, 0.25) is 0 Å². The van der Waals surface area contributed by atoms with E-state index in [4.69, 9.17) is 14.7 Å². The molecular weight excluding hydrogens is 192 g/mol. The molecule has 0 aliphatic heterocycles. The number of rotatable bonds is 3. The van der Waals surface area contributed by atoms with E-state index < -0.39 is 0 Å². The number of furan rings is 1. The fourth-order valence-corrected chi connectivity index (χ4v) is 1.60. The zero-order valence-corrected chi connectivity index (χ0v) is 8.91. The van der Waals surface area contributed by atoms with Gasteiger partial charge in [0.15, 0.2) is 11.6 Å². The second-order valence-electron chi connectivity index (χ2n) is 3.57. The Morgan fingerprint density at radius 3 is 2.87 bits per heavy atom. The Hall–Kier alpha value is -1.71. The summed E-state index contributed by atoms with van der Waals surface area (Å²) in [4.78, 5) is 0. The summed E-state index contributed by atoms with van der Waals surface area (Å²) in [5, 5.41) is 3.78. The van der Waals surface area contributed by atoms with E-state index in [0.717, 1.165) is 35.5 Å². The first-order valence-corrected chi connectivity index (χ1v) is 5.02. The molecule has 80 valence electrons. The average Bonchev–Trinajstić information content (AvgIpc) is 2.76. The molecule has 0 radical (unpaired) electrons. The molecule has 0 unspecified atom stereocenters. The van der Waals surface area contributed by atoms with Crippen molar-refractivity contribution in [2.24, 2.45) is 0 Å². The minimum atomic E-state index is 0.478. The predicted molar refractivity (Wildman–Crippen MR) is 57.3 cm³/mol. The lowest BCUT2D eigenvalue weighted by Gasteiger charge is -1.96. The highest BCUT2D eigenvalue weighted by Crippen LogP contribution is 2.29. The summed E-state index contributed by atoms with van der Waals surface area (Å²) in [6, 6.07) is 1.92. The Morgan fingerprint density at radius 1 is 1.47 bits per heavy atom. The summed E-state index contributed by atoms with van der Waals surface area (Å²) in [6.07, 6.45) is 3.54. The number of hydrogen-bond acceptors (Lipinski definition) is 4. The summed E-state index contributed by atoms with van der Waals surface area (Å²) in [5.74, 6) is 2.05. The zero-order chi connectivity index (χ0) is 10.8. The van der Waals surface area contributed by atoms with Gasteiger partial charge in [0.05, 0.1) is 5.56 Å². The van der Waals surface area contributed by atoms with Crippen LogP contribution in [0.5, 0.6) is 0 Å². The quantitative estimate of drug-likeness (QED) is 0.838. The Balaban J connectivity index is 2.43. The van der Waals surface area contributed by atoms with E-state index in [-0.39, 0.29) is 0 Å². The lowest BCUT2D eigenvalue weighted by molar-refractivity contribution is 0.434. The molecule has 2 rings (SSSR count). The van der Waals surface area contributed by atoms with E-state index in [1.54, 1.807) is 6.26 Å². The molecular formula is C11H14N2O2. The molecule has 0 saturated heterocycles. The van der Waals surface area contributed by atoms with Crippen molar-refractivity contribution >= 4 is 5.82 Å². The van der Waals surface area contributed by atoms with E-state index in [2.05, 4.69) is 12.1 Å². The van der Waals surface area contributed by atoms with Crippen molar-refractivity contribution in [2.45, 2.75) is 26.7 Å². The van der Waals surface area contributed by atoms with Crippen molar-refractivity contribution in [3.8, 4) is 11.3 Å². The third kappa shape index (κ3) is 1.75. The summed E-state index contributed by atoms with van der Waals surface area (Å²) >= 11 is 0. The molecule has 4 heteroatoms. The number of aromatic nitrogens is 1. The van der Waals surface area contributed by atoms with Crippen LogP contribution in [0.15, 0.2) is 21.3 Å². The molecule has 2 aromatic rings. The first kappa shape index (κ1) is 9.83. The molecule has 0 aliphatic rings. The van der Waals surface area contributed by atoms with Gasteiger partial charge in [0, 0.05) is 5.56 Å². The van der Waals surface area contributed by atoms with Gasteiger partial charge in [0.25, 0.3) is 0 Å². The van der Waals surface area contributed by atoms with Crippen LogP contribution < -0.4 is 5.73 Å². The maximum atomic E-state index is 5.74. The molecule has 0 saturated carbocycles. The Kier molecular flexibility index (Phi) is 2.49. The first-order valence-electron chi connectivity index (χ1n) is 5.02. The molecule has 2 N–H and O–H groups in total. The van der Waals surface area contributed by atoms with Crippen molar-refractivity contribution in [1.29, 1.82) is 0 Å². The van der Waals surface area contributed by atoms with Crippen molar-refractivity contribution in [1.82, 2.24) is 5.16 Å². The summed E-state index contributed by atoms with van der Waals surface area (Å²) < 4.78 is 10.4. The maximum absolute atomic E-state index is 5.74. The third-order valence-corrected chi connectivity index (χ3v) is 2.31. The van der Waals surface area contributed by atoms with Gasteiger partial charge in [-0.3, -0.25) is 0 Å². The molecule has 4 nitrogen and oxygen atoms in total. The van der Waals surface area contributed by atoms with Crippen LogP contribution in [0.4, 0.5) is 5.82 Å². The number of nitrogens with zero attached hydrogens (tertiary/aromatic N) is 1. The van der Waals surface area contributed by atoms with Gasteiger partial charge in [-0.1, -0.05) is 18.5 Å². The van der Waals surface area contributed by atoms with E-state index in [1.165, 1.54) is 0 Å². The van der Waals surface area contributed by atoms with E-state index in [1.807, 2.05) is 13.0 Å². The van der Waals surface area contributed by atoms with Crippen LogP contribution >= 0.6 is 0 Å². The van der Waals surface area contributed by atoms with Gasteiger partial charge in [-0.05, 0) is 19.4 Å². The van der Waals surface area contributed by atoms with E-state index in [9.17, 15) is 0 Å². The molecule has 0 aromatic carbocycles. The van der Waals surface area contributed by atoms with Crippen molar-refractivity contribution in [2.75, 3.05) is 5.73 Å². The van der Waals surface area contributed by atoms with Crippen molar-refractivity contribution < 1.29 is 8.94 Å². The zero-order valence-electron chi connectivity index (χ0n) is 8.91. The third-order valence-electron chi connectivity index (χ3n) is 2.31. The lowest BCUT2D eigenvalue weighted by Crippen LogP contribution is -1.92. The number of nitrogens with two attached hydrogens (primary N) is 1. The topological polar surface area (TPSA) is 65.2 Å². The molecule has 15 heavy (non-hydrogen) atoms. The first-order chi connectivity index (χ1) is 7.22. The number of nitrogen functional groups attached to an aromatic ring is 1. The van der Waals surface area contributed by atoms with E-state index >= 15 is 0 Å². The number of anilines is 1. The van der Waals surface area contributed by atoms with Gasteiger partial charge in [0.1, 0.15) is 12.0 Å². The van der Waals surface area contributed by atoms with Gasteiger partial charge in [-0.15, -0.1) is 0 Å². The summed E-state index contributed by atoms with van der Waals surface area (Å²) in [6.45, 7) is 3.99. The van der Waals surface area contributed by atoms with Crippen LogP contribution in [0, 0.1) is 6.92 Å². The van der Waals surface area contributed by atoms with Crippen molar-refractivity contribution in [3.05, 3.63) is 23.7 Å². The number of hydrogen-bond donors (Lipinski definition) is 1. The molecule has 0 bridgehead atoms. The second-order valence-corrected chi connectivity index (χ2v) is 3.57. The highest BCUT2D eigenvalue weighted by Gasteiger charge is 2.16. The molecule has 2 aromatic heterocycles. The Labute approximate surface area is 88.0 Å². The number of aryl methyl sites for hydroxylation is 1. The van der Waals surface area contributed by atoms with Crippen molar-refractivity contribution in [3.63, 3.8) is 0 Å². The molecule has 0 aliphatic carbocycles. The van der Waals surface area contributed by atoms with Gasteiger partial charge in [0.2, 0.25) is 0 Å². The molecule has 0 spiro atoms. The minimum Gasteiger partial charge on any atom is -0.469 e. The maximum Gasteiger partial charge on any atom is 0.175 e. The smallest absolute Gasteiger partial charge is 0.175 e. The fraction of sp³-hybridized carbons (Fsp3) is 0.364. The standard InChI is InChI=1S/C11H14N2O2/c1-3-4-9-10(15-13-11(9)12)8-5-7(2)14-6-8/h5-6H,3-4H2,1-2H3,(H2,12,13). The van der Waals surface area contributed by atoms with Gasteiger partial charge < -0.3 is 14.7 Å². The normalized spacial score (nSPS) is 10.8. The lowest BCUT2D eigenvalue weighted by atomic mass is 10.1. The Bertz CT molecular complexity index is 457. The molecule has 0 amide bonds. The molecule has 2 heterocycles. The molecule has 0 fully saturated rings. The SMILES string of the molecule is CCCc1c(N)noc1-c1coc(C)c1. The van der Waals surface area contributed by atoms with Crippen LogP contribution in [0.3, 0.4) is 0 Å². The minimum absolute atomic E-state index is 0.478. The summed E-state index contributed by atoms with van der Waals surface area (Å²) in [5.41, 5.74) is 7.61. The van der Waals surface area contributed by atoms with E-state index in [0.29, 0.717) is 5.82 Å². The van der Waals surface area contributed by atoms with Gasteiger partial charge >= 0.3 is 0 Å². The predicted octanol–water partition coefficient (Wildman–Crippen LogP) is 2.78. The van der Waals surface area contributed by atoms with Crippen LogP contribution in [-0.2, 0) is 6.42 Å². The Morgan fingerprint density at radius 2 is 2.27 bits per heavy atom. The van der Waals surface area contributed by atoms with Gasteiger partial charge in [-0.2, -0.15) is 0 Å². The van der Waals surface area contributed by atoms with Gasteiger partial charge in [-0.25, -0.2) is 0 Å². The fourth-order valence-electron chi connectivity index (χ4n) is 1.60. The van der Waals surface area contributed by atoms with Crippen LogP contribution in [0.25, 0.3) is 11.3 Å². The second kappa shape index (κ2) is 3.81. The van der Waals surface area contributed by atoms with Crippen LogP contribution in [-0.4, -0.2) is 5.16 Å². The highest BCUT2D eigenvalue weighted by atomic mass is 16.5. The molecule has 0 atom stereocenters. The largest absolute Gasteiger partial charge is 0.469 e. The highest BCUT2D eigenvalue weighted by molar-refractivity contribution is 5.65. The van der Waals surface area contributed by atoms with Crippen LogP contribution in [0.1, 0.15) is 24.7 Å². The summed E-state index contributed by atoms with van der Waals surface area (Å²) in [7, 11) is 0. The monoisotopic (exact) mass is 206 g/mol.